The van der Waals surface area contributed by atoms with Crippen LogP contribution in [0, 0.1) is 20.8 Å². The van der Waals surface area contributed by atoms with Crippen LogP contribution >= 0.6 is 0 Å². The van der Waals surface area contributed by atoms with E-state index in [0.717, 1.165) is 29.1 Å². The number of aryl methyl sites for hydroxylation is 3. The Morgan fingerprint density at radius 1 is 1.07 bits per heavy atom. The quantitative estimate of drug-likeness (QED) is 0.430. The molecule has 0 aliphatic carbocycles. The zero-order valence-corrected chi connectivity index (χ0v) is 24.7. The highest BCUT2D eigenvalue weighted by molar-refractivity contribution is 5.86. The summed E-state index contributed by atoms with van der Waals surface area (Å²) in [7, 11) is 0. The molecule has 1 aromatic carbocycles. The summed E-state index contributed by atoms with van der Waals surface area (Å²) in [5, 5.41) is 18.3. The van der Waals surface area contributed by atoms with Crippen molar-refractivity contribution in [2.45, 2.75) is 58.5 Å². The van der Waals surface area contributed by atoms with Crippen molar-refractivity contribution in [1.82, 2.24) is 30.1 Å². The summed E-state index contributed by atoms with van der Waals surface area (Å²) in [6.45, 7) is 7.19. The van der Waals surface area contributed by atoms with Crippen molar-refractivity contribution in [3.63, 3.8) is 0 Å². The number of carbonyl (C=O) groups is 4. The molecule has 13 nitrogen and oxygen atoms in total. The number of hydrogen-bond acceptors (Lipinski definition) is 8. The van der Waals surface area contributed by atoms with Gasteiger partial charge in [0.1, 0.15) is 18.1 Å². The molecule has 1 fully saturated rings. The lowest BCUT2D eigenvalue weighted by Gasteiger charge is -2.25. The summed E-state index contributed by atoms with van der Waals surface area (Å²) in [4.78, 5) is 51.5. The van der Waals surface area contributed by atoms with E-state index in [1.54, 1.807) is 27.5 Å². The summed E-state index contributed by atoms with van der Waals surface area (Å²) >= 11 is 0. The Kier molecular flexibility index (Phi) is 10.5. The van der Waals surface area contributed by atoms with Crippen LogP contribution in [-0.4, -0.2) is 92.9 Å². The molecular weight excluding hydrogens is 556 g/mol. The molecule has 0 unspecified atom stereocenters. The third kappa shape index (κ3) is 8.43. The molecule has 0 saturated carbocycles. The average Bonchev–Trinajstić information content (AvgIpc) is 3.66. The Hall–Kier alpha value is -4.68. The van der Waals surface area contributed by atoms with Crippen molar-refractivity contribution < 1.29 is 33.5 Å². The Labute approximate surface area is 249 Å². The molecule has 230 valence electrons. The molecule has 43 heavy (non-hydrogen) atoms. The van der Waals surface area contributed by atoms with Crippen molar-refractivity contribution >= 4 is 24.2 Å². The zero-order valence-electron chi connectivity index (χ0n) is 24.7. The average molecular weight is 595 g/mol. The summed E-state index contributed by atoms with van der Waals surface area (Å²) < 4.78 is 13.0. The highest BCUT2D eigenvalue weighted by Gasteiger charge is 2.38. The predicted octanol–water partition coefficient (Wildman–Crippen LogP) is 1.85. The fourth-order valence-corrected chi connectivity index (χ4v) is 5.46. The number of carbonyl (C=O) groups excluding carboxylic acids is 3. The SMILES string of the molecule is Cc1cc(CC(=O)N2CCCCOc3cccc(c3)[C@H]3CN(C(=O)Cn4nc(C)cc4C)C[C@@H]3NC(=O)C2)on1.O=CO. The van der Waals surface area contributed by atoms with Gasteiger partial charge in [-0.3, -0.25) is 23.9 Å². The molecule has 2 atom stereocenters. The minimum absolute atomic E-state index is 0.0375. The van der Waals surface area contributed by atoms with Gasteiger partial charge in [0.15, 0.2) is 0 Å². The summed E-state index contributed by atoms with van der Waals surface area (Å²) in [6.07, 6.45) is 1.46. The van der Waals surface area contributed by atoms with E-state index in [2.05, 4.69) is 15.6 Å². The standard InChI is InChI=1S/C29H36N6O5.CH2O2/c1-19-11-21(3)35(31-19)18-29(38)34-15-25-22-7-6-8-23(13-22)39-10-5-4-9-33(17-27(36)30-26(25)16-34)28(37)14-24-12-20(2)32-40-24;2-1-3/h6-8,11-13,25-26H,4-5,9-10,14-18H2,1-3H3,(H,30,36);1H,(H,2,3)/t25-,26+;/m1./s1. The molecule has 3 amide bonds. The van der Waals surface area contributed by atoms with Gasteiger partial charge in [0.05, 0.1) is 37.0 Å². The first kappa shape index (κ1) is 31.3. The number of amides is 3. The summed E-state index contributed by atoms with van der Waals surface area (Å²) in [5.41, 5.74) is 3.48. The minimum atomic E-state index is -0.316. The summed E-state index contributed by atoms with van der Waals surface area (Å²) in [6, 6.07) is 11.2. The molecule has 4 heterocycles. The number of ether oxygens (including phenoxy) is 1. The highest BCUT2D eigenvalue weighted by atomic mass is 16.5. The van der Waals surface area contributed by atoms with Gasteiger partial charge in [-0.1, -0.05) is 17.3 Å². The first-order chi connectivity index (χ1) is 20.7. The Morgan fingerprint density at radius 3 is 2.56 bits per heavy atom. The third-order valence-electron chi connectivity index (χ3n) is 7.47. The monoisotopic (exact) mass is 594 g/mol. The molecule has 2 aliphatic heterocycles. The second-order valence-corrected chi connectivity index (χ2v) is 10.8. The van der Waals surface area contributed by atoms with Crippen LogP contribution in [0.4, 0.5) is 0 Å². The molecule has 2 N–H and O–H groups in total. The van der Waals surface area contributed by atoms with Gasteiger partial charge in [0, 0.05) is 37.3 Å². The molecule has 3 aromatic rings. The van der Waals surface area contributed by atoms with Crippen LogP contribution in [0.3, 0.4) is 0 Å². The van der Waals surface area contributed by atoms with Crippen molar-refractivity contribution in [3.8, 4) is 5.75 Å². The second kappa shape index (κ2) is 14.5. The number of aromatic nitrogens is 3. The molecule has 0 spiro atoms. The molecule has 0 radical (unpaired) electrons. The normalized spacial score (nSPS) is 18.8. The van der Waals surface area contributed by atoms with Gasteiger partial charge in [0.2, 0.25) is 17.7 Å². The number of hydrogen-bond donors (Lipinski definition) is 2. The maximum absolute atomic E-state index is 13.3. The fraction of sp³-hybridized carbons (Fsp3) is 0.467. The maximum atomic E-state index is 13.3. The van der Waals surface area contributed by atoms with E-state index in [-0.39, 0.29) is 55.7 Å². The lowest BCUT2D eigenvalue weighted by molar-refractivity contribution is -0.136. The van der Waals surface area contributed by atoms with Crippen LogP contribution in [0.1, 0.15) is 47.2 Å². The highest BCUT2D eigenvalue weighted by Crippen LogP contribution is 2.30. The number of carboxylic acid groups (broad SMARTS) is 1. The van der Waals surface area contributed by atoms with Crippen LogP contribution in [0.5, 0.6) is 5.75 Å². The lowest BCUT2D eigenvalue weighted by atomic mass is 9.94. The van der Waals surface area contributed by atoms with E-state index in [4.69, 9.17) is 19.2 Å². The molecule has 2 bridgehead atoms. The van der Waals surface area contributed by atoms with Gasteiger partial charge in [-0.15, -0.1) is 0 Å². The third-order valence-corrected chi connectivity index (χ3v) is 7.47. The van der Waals surface area contributed by atoms with E-state index in [9.17, 15) is 14.4 Å². The van der Waals surface area contributed by atoms with Crippen LogP contribution in [0.2, 0.25) is 0 Å². The van der Waals surface area contributed by atoms with Crippen LogP contribution in [0.15, 0.2) is 40.9 Å². The van der Waals surface area contributed by atoms with E-state index >= 15 is 0 Å². The topological polar surface area (TPSA) is 160 Å². The molecular formula is C30H38N6O7. The van der Waals surface area contributed by atoms with Crippen molar-refractivity contribution in [1.29, 1.82) is 0 Å². The van der Waals surface area contributed by atoms with Gasteiger partial charge in [-0.2, -0.15) is 5.10 Å². The molecule has 2 aliphatic rings. The number of rotatable bonds is 4. The number of nitrogens with one attached hydrogen (secondary N) is 1. The molecule has 5 rings (SSSR count). The van der Waals surface area contributed by atoms with Gasteiger partial charge in [-0.25, -0.2) is 0 Å². The Balaban J connectivity index is 0.00000135. The minimum Gasteiger partial charge on any atom is -0.494 e. The number of likely N-dealkylation sites (tertiary alicyclic amines) is 1. The van der Waals surface area contributed by atoms with Crippen LogP contribution in [0.25, 0.3) is 0 Å². The lowest BCUT2D eigenvalue weighted by Crippen LogP contribution is -2.47. The Bertz CT molecular complexity index is 1430. The molecule has 2 aromatic heterocycles. The number of nitrogens with zero attached hydrogens (tertiary/aromatic N) is 5. The number of benzene rings is 1. The van der Waals surface area contributed by atoms with Gasteiger partial charge < -0.3 is 29.5 Å². The van der Waals surface area contributed by atoms with E-state index in [1.807, 2.05) is 44.2 Å². The smallest absolute Gasteiger partial charge is 0.290 e. The fourth-order valence-electron chi connectivity index (χ4n) is 5.46. The van der Waals surface area contributed by atoms with Crippen molar-refractivity contribution in [3.05, 3.63) is 64.8 Å². The first-order valence-corrected chi connectivity index (χ1v) is 14.3. The molecule has 13 heteroatoms. The second-order valence-electron chi connectivity index (χ2n) is 10.8. The number of fused-ring (bicyclic) bond motifs is 4. The largest absolute Gasteiger partial charge is 0.494 e. The predicted molar refractivity (Wildman–Crippen MR) is 154 cm³/mol. The van der Waals surface area contributed by atoms with E-state index < -0.39 is 0 Å². The zero-order chi connectivity index (χ0) is 30.9. The van der Waals surface area contributed by atoms with Crippen LogP contribution < -0.4 is 10.1 Å². The van der Waals surface area contributed by atoms with Gasteiger partial charge in [-0.05, 0) is 57.4 Å². The summed E-state index contributed by atoms with van der Waals surface area (Å²) in [5.74, 6) is 0.583. The van der Waals surface area contributed by atoms with Crippen molar-refractivity contribution in [2.24, 2.45) is 0 Å². The van der Waals surface area contributed by atoms with Crippen molar-refractivity contribution in [2.75, 3.05) is 32.8 Å². The van der Waals surface area contributed by atoms with E-state index in [1.165, 1.54) is 0 Å². The molecule has 1 saturated heterocycles. The van der Waals surface area contributed by atoms with Gasteiger partial charge in [0.25, 0.3) is 6.47 Å². The first-order valence-electron chi connectivity index (χ1n) is 14.3. The maximum Gasteiger partial charge on any atom is 0.290 e. The Morgan fingerprint density at radius 2 is 1.86 bits per heavy atom. The van der Waals surface area contributed by atoms with Gasteiger partial charge >= 0.3 is 0 Å². The van der Waals surface area contributed by atoms with E-state index in [0.29, 0.717) is 44.1 Å². The van der Waals surface area contributed by atoms with Crippen LogP contribution in [-0.2, 0) is 32.1 Å².